The minimum atomic E-state index is -0.807. The zero-order valence-corrected chi connectivity index (χ0v) is 19.8. The van der Waals surface area contributed by atoms with Gasteiger partial charge in [0.25, 0.3) is 11.8 Å². The van der Waals surface area contributed by atoms with Crippen LogP contribution in [0.15, 0.2) is 48.5 Å². The van der Waals surface area contributed by atoms with Crippen molar-refractivity contribution in [1.29, 1.82) is 0 Å². The van der Waals surface area contributed by atoms with Crippen LogP contribution in [0.3, 0.4) is 0 Å². The summed E-state index contributed by atoms with van der Waals surface area (Å²) < 4.78 is 7.58. The summed E-state index contributed by atoms with van der Waals surface area (Å²) in [5.74, 6) is 5.36. The van der Waals surface area contributed by atoms with Gasteiger partial charge in [0.05, 0.1) is 12.2 Å². The number of hydrogen-bond acceptors (Lipinski definition) is 5. The molecule has 2 amide bonds. The van der Waals surface area contributed by atoms with E-state index >= 15 is 0 Å². The summed E-state index contributed by atoms with van der Waals surface area (Å²) in [5.41, 5.74) is 3.21. The van der Waals surface area contributed by atoms with Crippen LogP contribution in [0.25, 0.3) is 0 Å². The van der Waals surface area contributed by atoms with Gasteiger partial charge in [0.2, 0.25) is 0 Å². The highest BCUT2D eigenvalue weighted by atomic mass is 35.5. The number of benzene rings is 2. The highest BCUT2D eigenvalue weighted by Gasteiger charge is 2.40. The third-order valence-electron chi connectivity index (χ3n) is 6.24. The Balaban J connectivity index is 1.40. The third kappa shape index (κ3) is 4.25. The molecule has 2 aromatic carbocycles. The number of rotatable bonds is 3. The number of likely N-dealkylation sites (N-methyl/N-ethyl adjacent to an activating group) is 1. The molecule has 2 aliphatic heterocycles. The first-order chi connectivity index (χ1) is 17.0. The summed E-state index contributed by atoms with van der Waals surface area (Å²) in [7, 11) is 1.65. The topological polar surface area (TPSA) is 87.9 Å². The Labute approximate surface area is 207 Å². The molecule has 0 unspecified atom stereocenters. The second kappa shape index (κ2) is 9.45. The number of nitrogens with zero attached hydrogens (tertiary/aromatic N) is 4. The number of amides is 2. The standard InChI is InChI=1S/C26H23ClN4O4/c1-29-20-14-17(8-5-13-32)9-10-22(20)35-16-21(25(29)33)30-12-11-19-23(26(30)34)28-31(24(19)27)15-18-6-3-2-4-7-18/h2-4,6-7,9-10,14,21,32H,11-13,15-16H2,1H3/t21-/m0/s1. The number of hydrogen-bond donors (Lipinski definition) is 1. The Morgan fingerprint density at radius 2 is 2.00 bits per heavy atom. The summed E-state index contributed by atoms with van der Waals surface area (Å²) in [4.78, 5) is 29.9. The molecule has 0 fully saturated rings. The van der Waals surface area contributed by atoms with Crippen LogP contribution in [0.1, 0.15) is 27.2 Å². The van der Waals surface area contributed by atoms with Crippen molar-refractivity contribution in [2.45, 2.75) is 19.0 Å². The van der Waals surface area contributed by atoms with Gasteiger partial charge < -0.3 is 19.6 Å². The Morgan fingerprint density at radius 3 is 2.77 bits per heavy atom. The smallest absolute Gasteiger partial charge is 0.275 e. The predicted octanol–water partition coefficient (Wildman–Crippen LogP) is 2.35. The van der Waals surface area contributed by atoms with E-state index in [1.165, 1.54) is 9.80 Å². The van der Waals surface area contributed by atoms with Crippen LogP contribution in [0, 0.1) is 11.8 Å². The molecule has 9 heteroatoms. The summed E-state index contributed by atoms with van der Waals surface area (Å²) in [6, 6.07) is 14.2. The molecule has 3 aromatic rings. The number of carbonyl (C=O) groups excluding carboxylic acids is 2. The van der Waals surface area contributed by atoms with Crippen LogP contribution >= 0.6 is 11.6 Å². The molecule has 0 aliphatic carbocycles. The molecule has 1 atom stereocenters. The fourth-order valence-corrected chi connectivity index (χ4v) is 4.71. The van der Waals surface area contributed by atoms with E-state index in [2.05, 4.69) is 16.9 Å². The van der Waals surface area contributed by atoms with E-state index in [-0.39, 0.29) is 30.7 Å². The maximum absolute atomic E-state index is 13.5. The third-order valence-corrected chi connectivity index (χ3v) is 6.67. The lowest BCUT2D eigenvalue weighted by Gasteiger charge is -2.33. The number of carbonyl (C=O) groups is 2. The van der Waals surface area contributed by atoms with Crippen LogP contribution < -0.4 is 9.64 Å². The summed E-state index contributed by atoms with van der Waals surface area (Å²) in [5, 5.41) is 13.9. The second-order valence-electron chi connectivity index (χ2n) is 8.38. The lowest BCUT2D eigenvalue weighted by molar-refractivity contribution is -0.123. The molecule has 3 heterocycles. The molecular formula is C26H23ClN4O4. The monoisotopic (exact) mass is 490 g/mol. The lowest BCUT2D eigenvalue weighted by Crippen LogP contribution is -2.54. The van der Waals surface area contributed by atoms with Gasteiger partial charge in [0.15, 0.2) is 5.69 Å². The number of fused-ring (bicyclic) bond motifs is 2. The van der Waals surface area contributed by atoms with E-state index in [9.17, 15) is 9.59 Å². The van der Waals surface area contributed by atoms with Gasteiger partial charge in [-0.05, 0) is 30.2 Å². The van der Waals surface area contributed by atoms with E-state index < -0.39 is 6.04 Å². The van der Waals surface area contributed by atoms with E-state index in [4.69, 9.17) is 21.4 Å². The predicted molar refractivity (Wildman–Crippen MR) is 131 cm³/mol. The fourth-order valence-electron chi connectivity index (χ4n) is 4.43. The van der Waals surface area contributed by atoms with E-state index in [0.717, 1.165) is 5.56 Å². The fraction of sp³-hybridized carbons (Fsp3) is 0.269. The molecule has 1 aromatic heterocycles. The maximum atomic E-state index is 13.5. The molecule has 5 rings (SSSR count). The maximum Gasteiger partial charge on any atom is 0.275 e. The van der Waals surface area contributed by atoms with Gasteiger partial charge in [-0.15, -0.1) is 0 Å². The van der Waals surface area contributed by atoms with Crippen molar-refractivity contribution >= 4 is 29.1 Å². The average molecular weight is 491 g/mol. The quantitative estimate of drug-likeness (QED) is 0.569. The molecule has 1 N–H and O–H groups in total. The summed E-state index contributed by atoms with van der Waals surface area (Å²) >= 11 is 6.58. The van der Waals surface area contributed by atoms with Crippen LogP contribution in [-0.4, -0.2) is 64.4 Å². The number of aliphatic hydroxyl groups excluding tert-OH is 1. The number of aliphatic hydroxyl groups is 1. The van der Waals surface area contributed by atoms with E-state index in [0.29, 0.717) is 47.2 Å². The number of halogens is 1. The highest BCUT2D eigenvalue weighted by molar-refractivity contribution is 6.31. The molecule has 178 valence electrons. The molecular weight excluding hydrogens is 468 g/mol. The van der Waals surface area contributed by atoms with Crippen molar-refractivity contribution in [2.75, 3.05) is 31.7 Å². The minimum absolute atomic E-state index is 0.0252. The Morgan fingerprint density at radius 1 is 1.20 bits per heavy atom. The zero-order chi connectivity index (χ0) is 24.5. The molecule has 35 heavy (non-hydrogen) atoms. The van der Waals surface area contributed by atoms with Gasteiger partial charge in [-0.1, -0.05) is 53.8 Å². The zero-order valence-electron chi connectivity index (χ0n) is 19.1. The molecule has 0 saturated heterocycles. The SMILES string of the molecule is CN1C(=O)[C@@H](N2CCc3c(nn(Cc4ccccc4)c3Cl)C2=O)COc2ccc(C#CCO)cc21. The van der Waals surface area contributed by atoms with Gasteiger partial charge in [-0.3, -0.25) is 9.59 Å². The summed E-state index contributed by atoms with van der Waals surface area (Å²) in [6.45, 7) is 0.552. The van der Waals surface area contributed by atoms with Gasteiger partial charge in [-0.2, -0.15) is 5.10 Å². The van der Waals surface area contributed by atoms with Crippen LogP contribution in [0.2, 0.25) is 5.15 Å². The number of aromatic nitrogens is 2. The molecule has 8 nitrogen and oxygen atoms in total. The Bertz CT molecular complexity index is 1360. The Kier molecular flexibility index (Phi) is 6.20. The van der Waals surface area contributed by atoms with Crippen molar-refractivity contribution < 1.29 is 19.4 Å². The van der Waals surface area contributed by atoms with Gasteiger partial charge in [-0.25, -0.2) is 4.68 Å². The van der Waals surface area contributed by atoms with Crippen molar-refractivity contribution in [2.24, 2.45) is 0 Å². The molecule has 2 aliphatic rings. The average Bonchev–Trinajstić information content (AvgIpc) is 3.13. The lowest BCUT2D eigenvalue weighted by atomic mass is 10.0. The molecule has 0 radical (unpaired) electrons. The van der Waals surface area contributed by atoms with Crippen molar-refractivity contribution in [3.63, 3.8) is 0 Å². The molecule has 0 spiro atoms. The normalized spacial score (nSPS) is 17.2. The largest absolute Gasteiger partial charge is 0.489 e. The summed E-state index contributed by atoms with van der Waals surface area (Å²) in [6.07, 6.45) is 0.496. The second-order valence-corrected chi connectivity index (χ2v) is 8.73. The van der Waals surface area contributed by atoms with Crippen LogP contribution in [-0.2, 0) is 17.8 Å². The van der Waals surface area contributed by atoms with E-state index in [1.54, 1.807) is 29.9 Å². The molecule has 0 saturated carbocycles. The Hall–Kier alpha value is -3.80. The minimum Gasteiger partial charge on any atom is -0.489 e. The van der Waals surface area contributed by atoms with Crippen molar-refractivity contribution in [3.8, 4) is 17.6 Å². The molecule has 0 bridgehead atoms. The number of ether oxygens (including phenoxy) is 1. The van der Waals surface area contributed by atoms with Gasteiger partial charge in [0.1, 0.15) is 30.2 Å². The van der Waals surface area contributed by atoms with Crippen molar-refractivity contribution in [3.05, 3.63) is 76.1 Å². The number of anilines is 1. The van der Waals surface area contributed by atoms with E-state index in [1.807, 2.05) is 30.3 Å². The highest BCUT2D eigenvalue weighted by Crippen LogP contribution is 2.34. The van der Waals surface area contributed by atoms with Gasteiger partial charge >= 0.3 is 0 Å². The first-order valence-electron chi connectivity index (χ1n) is 11.2. The first kappa shape index (κ1) is 23.0. The van der Waals surface area contributed by atoms with Crippen LogP contribution in [0.4, 0.5) is 5.69 Å². The first-order valence-corrected chi connectivity index (χ1v) is 11.6. The van der Waals surface area contributed by atoms with Gasteiger partial charge in [0, 0.05) is 24.7 Å². The van der Waals surface area contributed by atoms with Crippen LogP contribution in [0.5, 0.6) is 5.75 Å². The van der Waals surface area contributed by atoms with Crippen molar-refractivity contribution in [1.82, 2.24) is 14.7 Å².